The molecule has 4 nitrogen and oxygen atoms in total. The maximum Gasteiger partial charge on any atom is 0.238 e. The van der Waals surface area contributed by atoms with Gasteiger partial charge in [-0.3, -0.25) is 0 Å². The zero-order chi connectivity index (χ0) is 12.3. The Balaban J connectivity index is 1.94. The first-order valence-electron chi connectivity index (χ1n) is 5.91. The lowest BCUT2D eigenvalue weighted by molar-refractivity contribution is 0.524. The minimum absolute atomic E-state index is 0.169. The van der Waals surface area contributed by atoms with Gasteiger partial charge < -0.3 is 5.32 Å². The lowest BCUT2D eigenvalue weighted by atomic mass is 10.2. The summed E-state index contributed by atoms with van der Waals surface area (Å²) in [6.45, 7) is 0.787. The molecule has 5 heteroatoms. The highest BCUT2D eigenvalue weighted by Crippen LogP contribution is 2.18. The van der Waals surface area contributed by atoms with Crippen molar-refractivity contribution in [3.63, 3.8) is 0 Å². The van der Waals surface area contributed by atoms with Crippen molar-refractivity contribution in [2.75, 3.05) is 0 Å². The van der Waals surface area contributed by atoms with Gasteiger partial charge in [-0.1, -0.05) is 25.0 Å². The molecule has 1 aliphatic rings. The first-order chi connectivity index (χ1) is 8.05. The molecule has 0 atom stereocenters. The van der Waals surface area contributed by atoms with Crippen LogP contribution in [0.1, 0.15) is 31.2 Å². The summed E-state index contributed by atoms with van der Waals surface area (Å²) in [5, 5.41) is 8.51. The van der Waals surface area contributed by atoms with Crippen LogP contribution < -0.4 is 10.5 Å². The van der Waals surface area contributed by atoms with Gasteiger partial charge in [0.15, 0.2) is 0 Å². The fourth-order valence-electron chi connectivity index (χ4n) is 2.19. The first kappa shape index (κ1) is 12.5. The van der Waals surface area contributed by atoms with Crippen molar-refractivity contribution in [3.8, 4) is 0 Å². The van der Waals surface area contributed by atoms with Crippen LogP contribution in [-0.4, -0.2) is 14.5 Å². The molecule has 0 radical (unpaired) electrons. The van der Waals surface area contributed by atoms with Gasteiger partial charge in [-0.15, -0.1) is 0 Å². The third-order valence-corrected chi connectivity index (χ3v) is 4.13. The molecule has 0 amide bonds. The van der Waals surface area contributed by atoms with E-state index in [1.165, 1.54) is 25.7 Å². The molecular formula is C12H18N2O2S. The van der Waals surface area contributed by atoms with E-state index < -0.39 is 10.0 Å². The van der Waals surface area contributed by atoms with Gasteiger partial charge >= 0.3 is 0 Å². The quantitative estimate of drug-likeness (QED) is 0.852. The van der Waals surface area contributed by atoms with Crippen molar-refractivity contribution in [2.45, 2.75) is 43.2 Å². The van der Waals surface area contributed by atoms with Gasteiger partial charge in [-0.25, -0.2) is 13.6 Å². The van der Waals surface area contributed by atoms with E-state index in [2.05, 4.69) is 5.32 Å². The lowest BCUT2D eigenvalue weighted by Crippen LogP contribution is -2.25. The second-order valence-electron chi connectivity index (χ2n) is 4.55. The molecule has 3 N–H and O–H groups in total. The Hall–Kier alpha value is -0.910. The first-order valence-corrected chi connectivity index (χ1v) is 7.45. The van der Waals surface area contributed by atoms with E-state index in [0.717, 1.165) is 12.1 Å². The number of nitrogens with two attached hydrogens (primary N) is 1. The lowest BCUT2D eigenvalue weighted by Gasteiger charge is -2.11. The number of sulfonamides is 1. The van der Waals surface area contributed by atoms with E-state index in [0.29, 0.717) is 6.04 Å². The SMILES string of the molecule is NS(=O)(=O)c1ccc(CNC2CCCC2)cc1. The van der Waals surface area contributed by atoms with Crippen molar-refractivity contribution in [2.24, 2.45) is 5.14 Å². The Labute approximate surface area is 102 Å². The van der Waals surface area contributed by atoms with Crippen molar-refractivity contribution in [3.05, 3.63) is 29.8 Å². The molecule has 1 fully saturated rings. The number of primary sulfonamides is 1. The van der Waals surface area contributed by atoms with Gasteiger partial charge in [0, 0.05) is 12.6 Å². The van der Waals surface area contributed by atoms with Crippen LogP contribution in [0.3, 0.4) is 0 Å². The molecule has 1 aromatic carbocycles. The molecule has 0 heterocycles. The molecule has 1 aromatic rings. The van der Waals surface area contributed by atoms with Crippen LogP contribution in [0, 0.1) is 0 Å². The van der Waals surface area contributed by atoms with E-state index in [9.17, 15) is 8.42 Å². The zero-order valence-corrected chi connectivity index (χ0v) is 10.5. The molecule has 0 aromatic heterocycles. The summed E-state index contributed by atoms with van der Waals surface area (Å²) in [7, 11) is -3.57. The van der Waals surface area contributed by atoms with Gasteiger partial charge in [0.05, 0.1) is 4.90 Å². The summed E-state index contributed by atoms with van der Waals surface area (Å²) >= 11 is 0. The Morgan fingerprint density at radius 3 is 2.29 bits per heavy atom. The summed E-state index contributed by atoms with van der Waals surface area (Å²) in [4.78, 5) is 0.169. The van der Waals surface area contributed by atoms with Crippen molar-refractivity contribution >= 4 is 10.0 Å². The third-order valence-electron chi connectivity index (χ3n) is 3.20. The van der Waals surface area contributed by atoms with Gasteiger partial charge in [-0.2, -0.15) is 0 Å². The molecular weight excluding hydrogens is 236 g/mol. The highest BCUT2D eigenvalue weighted by atomic mass is 32.2. The maximum atomic E-state index is 11.1. The minimum atomic E-state index is -3.57. The summed E-state index contributed by atoms with van der Waals surface area (Å²) < 4.78 is 22.1. The fourth-order valence-corrected chi connectivity index (χ4v) is 2.70. The summed E-state index contributed by atoms with van der Waals surface area (Å²) in [6, 6.07) is 7.35. The molecule has 1 aliphatic carbocycles. The fraction of sp³-hybridized carbons (Fsp3) is 0.500. The summed E-state index contributed by atoms with van der Waals surface area (Å²) in [5.74, 6) is 0. The van der Waals surface area contributed by atoms with E-state index in [-0.39, 0.29) is 4.90 Å². The average molecular weight is 254 g/mol. The van der Waals surface area contributed by atoms with Crippen LogP contribution in [0.2, 0.25) is 0 Å². The van der Waals surface area contributed by atoms with Crippen LogP contribution in [0.25, 0.3) is 0 Å². The van der Waals surface area contributed by atoms with E-state index in [4.69, 9.17) is 5.14 Å². The molecule has 0 spiro atoms. The topological polar surface area (TPSA) is 72.2 Å². The van der Waals surface area contributed by atoms with Crippen LogP contribution >= 0.6 is 0 Å². The molecule has 0 aliphatic heterocycles. The highest BCUT2D eigenvalue weighted by Gasteiger charge is 2.14. The Kier molecular flexibility index (Phi) is 3.81. The van der Waals surface area contributed by atoms with E-state index >= 15 is 0 Å². The monoisotopic (exact) mass is 254 g/mol. The number of hydrogen-bond acceptors (Lipinski definition) is 3. The Morgan fingerprint density at radius 1 is 1.18 bits per heavy atom. The smallest absolute Gasteiger partial charge is 0.238 e. The van der Waals surface area contributed by atoms with Gasteiger partial charge in [0.1, 0.15) is 0 Å². The number of benzene rings is 1. The molecule has 17 heavy (non-hydrogen) atoms. The summed E-state index contributed by atoms with van der Waals surface area (Å²) in [5.41, 5.74) is 1.09. The maximum absolute atomic E-state index is 11.1. The minimum Gasteiger partial charge on any atom is -0.310 e. The number of rotatable bonds is 4. The summed E-state index contributed by atoms with van der Waals surface area (Å²) in [6.07, 6.45) is 5.11. The second-order valence-corrected chi connectivity index (χ2v) is 6.11. The predicted octanol–water partition coefficient (Wildman–Crippen LogP) is 1.37. The molecule has 94 valence electrons. The zero-order valence-electron chi connectivity index (χ0n) is 9.72. The number of hydrogen-bond donors (Lipinski definition) is 2. The highest BCUT2D eigenvalue weighted by molar-refractivity contribution is 7.89. The predicted molar refractivity (Wildman–Crippen MR) is 66.9 cm³/mol. The van der Waals surface area contributed by atoms with Gasteiger partial charge in [0.2, 0.25) is 10.0 Å². The van der Waals surface area contributed by atoms with Gasteiger partial charge in [0.25, 0.3) is 0 Å². The molecule has 0 bridgehead atoms. The van der Waals surface area contributed by atoms with E-state index in [1.54, 1.807) is 12.1 Å². The van der Waals surface area contributed by atoms with Crippen LogP contribution in [0.15, 0.2) is 29.2 Å². The molecule has 2 rings (SSSR count). The van der Waals surface area contributed by atoms with Gasteiger partial charge in [-0.05, 0) is 30.5 Å². The van der Waals surface area contributed by atoms with Crippen molar-refractivity contribution in [1.82, 2.24) is 5.32 Å². The average Bonchev–Trinajstić information content (AvgIpc) is 2.78. The normalized spacial score (nSPS) is 17.5. The largest absolute Gasteiger partial charge is 0.310 e. The molecule has 1 saturated carbocycles. The van der Waals surface area contributed by atoms with Crippen molar-refractivity contribution in [1.29, 1.82) is 0 Å². The Bertz CT molecular complexity index is 462. The second kappa shape index (κ2) is 5.16. The molecule has 0 saturated heterocycles. The standard InChI is InChI=1S/C12H18N2O2S/c13-17(15,16)12-7-5-10(6-8-12)9-14-11-3-1-2-4-11/h5-8,11,14H,1-4,9H2,(H2,13,15,16). The van der Waals surface area contributed by atoms with Crippen LogP contribution in [0.5, 0.6) is 0 Å². The number of nitrogens with one attached hydrogen (secondary N) is 1. The third kappa shape index (κ3) is 3.52. The van der Waals surface area contributed by atoms with Crippen LogP contribution in [0.4, 0.5) is 0 Å². The van der Waals surface area contributed by atoms with E-state index in [1.807, 2.05) is 12.1 Å². The van der Waals surface area contributed by atoms with Crippen LogP contribution in [-0.2, 0) is 16.6 Å². The van der Waals surface area contributed by atoms with Crippen molar-refractivity contribution < 1.29 is 8.42 Å². The Morgan fingerprint density at radius 2 is 1.76 bits per heavy atom. The molecule has 0 unspecified atom stereocenters.